The molecule has 0 saturated heterocycles. The monoisotopic (exact) mass is 694 g/mol. The average Bonchev–Trinajstić information content (AvgIpc) is 3.05. The molecule has 2 rings (SSSR count). The van der Waals surface area contributed by atoms with Gasteiger partial charge in [-0.15, -0.1) is 0 Å². The van der Waals surface area contributed by atoms with Crippen molar-refractivity contribution in [3.05, 3.63) is 72.8 Å². The third-order valence-electron chi connectivity index (χ3n) is 5.52. The molecule has 47 heavy (non-hydrogen) atoms. The first-order chi connectivity index (χ1) is 22.7. The van der Waals surface area contributed by atoms with Crippen LogP contribution in [0.25, 0.3) is 0 Å². The normalized spacial score (nSPS) is 12.4. The molecule has 0 amide bonds. The lowest BCUT2D eigenvalue weighted by molar-refractivity contribution is -0.148. The molecule has 0 radical (unpaired) electrons. The van der Waals surface area contributed by atoms with Crippen molar-refractivity contribution >= 4 is 47.4 Å². The summed E-state index contributed by atoms with van der Waals surface area (Å²) in [7, 11) is 0. The Morgan fingerprint density at radius 3 is 1.30 bits per heavy atom. The number of esters is 2. The largest absolute Gasteiger partial charge is 0.490 e. The molecule has 2 aromatic rings. The van der Waals surface area contributed by atoms with E-state index in [0.29, 0.717) is 48.4 Å². The standard InChI is InChI=1S/C32H38O13S2/c1-46-17-15-39-19-27(44-31(37)13-11-29(33)34)21-41-23-3-7-25(8-4-23)43-26-9-5-24(6-10-26)42-22-28(20-40-16-18-47-2)45-32(38)14-12-30(35)36/h3-14,27-28H,15-22H2,1-2H3,(H,33,34)(H,35,36)/b13-11-,14-12-. The van der Waals surface area contributed by atoms with Crippen LogP contribution in [-0.4, -0.2) is 110 Å². The first-order valence-electron chi connectivity index (χ1n) is 14.2. The van der Waals surface area contributed by atoms with Gasteiger partial charge in [0.1, 0.15) is 36.2 Å². The molecule has 2 aromatic carbocycles. The Balaban J connectivity index is 1.90. The highest BCUT2D eigenvalue weighted by molar-refractivity contribution is 7.98. The van der Waals surface area contributed by atoms with Gasteiger partial charge in [-0.05, 0) is 61.0 Å². The maximum absolute atomic E-state index is 11.9. The molecular weight excluding hydrogens is 656 g/mol. The lowest BCUT2D eigenvalue weighted by atomic mass is 10.3. The van der Waals surface area contributed by atoms with Gasteiger partial charge in [0.25, 0.3) is 0 Å². The molecule has 2 N–H and O–H groups in total. The number of ether oxygens (including phenoxy) is 7. The zero-order valence-corrected chi connectivity index (χ0v) is 27.6. The van der Waals surface area contributed by atoms with Crippen molar-refractivity contribution in [2.45, 2.75) is 12.2 Å². The van der Waals surface area contributed by atoms with Crippen LogP contribution in [0.3, 0.4) is 0 Å². The predicted molar refractivity (Wildman–Crippen MR) is 176 cm³/mol. The molecule has 15 heteroatoms. The van der Waals surface area contributed by atoms with Crippen molar-refractivity contribution < 1.29 is 62.5 Å². The second-order valence-corrected chi connectivity index (χ2v) is 11.2. The van der Waals surface area contributed by atoms with Gasteiger partial charge in [-0.1, -0.05) is 0 Å². The number of carbonyl (C=O) groups excluding carboxylic acids is 2. The van der Waals surface area contributed by atoms with Crippen molar-refractivity contribution in [3.63, 3.8) is 0 Å². The van der Waals surface area contributed by atoms with Gasteiger partial charge in [0.2, 0.25) is 0 Å². The molecule has 2 atom stereocenters. The van der Waals surface area contributed by atoms with Gasteiger partial charge >= 0.3 is 23.9 Å². The molecule has 13 nitrogen and oxygen atoms in total. The predicted octanol–water partition coefficient (Wildman–Crippen LogP) is 4.10. The highest BCUT2D eigenvalue weighted by atomic mass is 32.2. The van der Waals surface area contributed by atoms with E-state index in [1.807, 2.05) is 12.5 Å². The van der Waals surface area contributed by atoms with Gasteiger partial charge in [0, 0.05) is 35.8 Å². The van der Waals surface area contributed by atoms with Gasteiger partial charge in [-0.3, -0.25) is 0 Å². The maximum atomic E-state index is 11.9. The van der Waals surface area contributed by atoms with E-state index < -0.39 is 36.1 Å². The number of carbonyl (C=O) groups is 4. The molecule has 0 spiro atoms. The van der Waals surface area contributed by atoms with E-state index in [-0.39, 0.29) is 26.4 Å². The fourth-order valence-electron chi connectivity index (χ4n) is 3.35. The number of carboxylic acid groups (broad SMARTS) is 2. The molecule has 2 unspecified atom stereocenters. The molecule has 0 heterocycles. The van der Waals surface area contributed by atoms with E-state index in [1.54, 1.807) is 72.1 Å². The first-order valence-corrected chi connectivity index (χ1v) is 17.0. The Hall–Kier alpha value is -4.18. The van der Waals surface area contributed by atoms with Crippen molar-refractivity contribution in [1.82, 2.24) is 0 Å². The molecule has 0 aliphatic heterocycles. The number of hydrogen-bond donors (Lipinski definition) is 2. The van der Waals surface area contributed by atoms with Crippen LogP contribution in [0.15, 0.2) is 72.8 Å². The summed E-state index contributed by atoms with van der Waals surface area (Å²) in [6.45, 7) is 1.03. The summed E-state index contributed by atoms with van der Waals surface area (Å²) in [5.74, 6) is -0.625. The fourth-order valence-corrected chi connectivity index (χ4v) is 3.92. The number of hydrogen-bond acceptors (Lipinski definition) is 13. The fraction of sp³-hybridized carbons (Fsp3) is 0.375. The zero-order chi connectivity index (χ0) is 34.3. The summed E-state index contributed by atoms with van der Waals surface area (Å²) >= 11 is 3.21. The highest BCUT2D eigenvalue weighted by Crippen LogP contribution is 2.26. The summed E-state index contributed by atoms with van der Waals surface area (Å²) in [6, 6.07) is 13.5. The number of aliphatic carboxylic acids is 2. The molecule has 0 fully saturated rings. The summed E-state index contributed by atoms with van der Waals surface area (Å²) in [4.78, 5) is 45.2. The summed E-state index contributed by atoms with van der Waals surface area (Å²) in [5.41, 5.74) is 0. The number of carboxylic acids is 2. The van der Waals surface area contributed by atoms with Crippen LogP contribution in [0.5, 0.6) is 23.0 Å². The van der Waals surface area contributed by atoms with Gasteiger partial charge in [-0.25, -0.2) is 19.2 Å². The third kappa shape index (κ3) is 18.5. The number of rotatable bonds is 24. The lowest BCUT2D eigenvalue weighted by Crippen LogP contribution is -2.29. The Morgan fingerprint density at radius 1 is 0.596 bits per heavy atom. The Morgan fingerprint density at radius 2 is 0.957 bits per heavy atom. The number of benzene rings is 2. The van der Waals surface area contributed by atoms with E-state index in [0.717, 1.165) is 23.7 Å². The van der Waals surface area contributed by atoms with E-state index >= 15 is 0 Å². The smallest absolute Gasteiger partial charge is 0.331 e. The molecule has 0 bridgehead atoms. The molecule has 0 aromatic heterocycles. The highest BCUT2D eigenvalue weighted by Gasteiger charge is 2.17. The Bertz CT molecular complexity index is 1200. The zero-order valence-electron chi connectivity index (χ0n) is 25.9. The van der Waals surface area contributed by atoms with E-state index in [1.165, 1.54) is 0 Å². The van der Waals surface area contributed by atoms with Crippen LogP contribution < -0.4 is 14.2 Å². The van der Waals surface area contributed by atoms with Gasteiger partial charge in [0.15, 0.2) is 12.2 Å². The average molecular weight is 695 g/mol. The van der Waals surface area contributed by atoms with Gasteiger partial charge < -0.3 is 43.4 Å². The minimum Gasteiger partial charge on any atom is -0.490 e. The first kappa shape index (κ1) is 39.0. The second-order valence-electron chi connectivity index (χ2n) is 9.26. The minimum absolute atomic E-state index is 0.0172. The van der Waals surface area contributed by atoms with Crippen LogP contribution in [0.4, 0.5) is 0 Å². The molecule has 0 aliphatic rings. The van der Waals surface area contributed by atoms with E-state index in [2.05, 4.69) is 0 Å². The summed E-state index contributed by atoms with van der Waals surface area (Å²) in [5, 5.41) is 17.4. The number of thioether (sulfide) groups is 2. The third-order valence-corrected chi connectivity index (χ3v) is 6.67. The molecule has 256 valence electrons. The lowest BCUT2D eigenvalue weighted by Gasteiger charge is -2.18. The minimum atomic E-state index is -1.26. The Kier molecular flexibility index (Phi) is 19.2. The van der Waals surface area contributed by atoms with Gasteiger partial charge in [0.05, 0.1) is 26.4 Å². The van der Waals surface area contributed by atoms with Crippen LogP contribution in [0, 0.1) is 0 Å². The summed E-state index contributed by atoms with van der Waals surface area (Å²) in [6.07, 6.45) is 5.40. The van der Waals surface area contributed by atoms with Crippen molar-refractivity contribution in [1.29, 1.82) is 0 Å². The quantitative estimate of drug-likeness (QED) is 0.0913. The molecule has 0 saturated carbocycles. The maximum Gasteiger partial charge on any atom is 0.331 e. The van der Waals surface area contributed by atoms with E-state index in [4.69, 9.17) is 43.4 Å². The van der Waals surface area contributed by atoms with Crippen LogP contribution in [-0.2, 0) is 38.1 Å². The van der Waals surface area contributed by atoms with Crippen LogP contribution in [0.1, 0.15) is 0 Å². The van der Waals surface area contributed by atoms with E-state index in [9.17, 15) is 19.2 Å². The second kappa shape index (κ2) is 23.2. The summed E-state index contributed by atoms with van der Waals surface area (Å²) < 4.78 is 39.0. The Labute approximate surface area is 281 Å². The SMILES string of the molecule is CSCCOCC(COc1ccc(Oc2ccc(OCC(COCCSC)OC(=O)/C=C\C(=O)O)cc2)cc1)OC(=O)/C=C\C(=O)O. The topological polar surface area (TPSA) is 173 Å². The van der Waals surface area contributed by atoms with Gasteiger partial charge in [-0.2, -0.15) is 23.5 Å². The molecule has 0 aliphatic carbocycles. The van der Waals surface area contributed by atoms with Crippen molar-refractivity contribution in [2.75, 3.05) is 63.7 Å². The van der Waals surface area contributed by atoms with Crippen LogP contribution in [0.2, 0.25) is 0 Å². The molecular formula is C32H38O13S2. The van der Waals surface area contributed by atoms with Crippen LogP contribution >= 0.6 is 23.5 Å². The van der Waals surface area contributed by atoms with Crippen molar-refractivity contribution in [2.24, 2.45) is 0 Å². The van der Waals surface area contributed by atoms with Crippen molar-refractivity contribution in [3.8, 4) is 23.0 Å².